The summed E-state index contributed by atoms with van der Waals surface area (Å²) in [5.41, 5.74) is 7.67. The maximum absolute atomic E-state index is 13.3. The highest BCUT2D eigenvalue weighted by Gasteiger charge is 2.10. The quantitative estimate of drug-likeness (QED) is 0.649. The van der Waals surface area contributed by atoms with Crippen LogP contribution in [0.2, 0.25) is 0 Å². The van der Waals surface area contributed by atoms with Crippen LogP contribution >= 0.6 is 0 Å². The predicted molar refractivity (Wildman–Crippen MR) is 74.7 cm³/mol. The van der Waals surface area contributed by atoms with Crippen LogP contribution in [0, 0.1) is 15.9 Å². The minimum Gasteiger partial charge on any atom is -0.381 e. The molecule has 0 saturated heterocycles. The van der Waals surface area contributed by atoms with Gasteiger partial charge in [0.05, 0.1) is 11.0 Å². The van der Waals surface area contributed by atoms with E-state index in [0.717, 1.165) is 17.2 Å². The molecule has 20 heavy (non-hydrogen) atoms. The Morgan fingerprint density at radius 2 is 1.90 bits per heavy atom. The van der Waals surface area contributed by atoms with Crippen LogP contribution in [0.3, 0.4) is 0 Å². The molecule has 0 saturated carbocycles. The molecule has 0 amide bonds. The molecule has 0 radical (unpaired) electrons. The van der Waals surface area contributed by atoms with Crippen molar-refractivity contribution in [2.24, 2.45) is 5.73 Å². The lowest BCUT2D eigenvalue weighted by molar-refractivity contribution is -0.385. The Morgan fingerprint density at radius 1 is 1.20 bits per heavy atom. The van der Waals surface area contributed by atoms with E-state index in [1.165, 1.54) is 12.1 Å². The third-order valence-electron chi connectivity index (χ3n) is 2.91. The van der Waals surface area contributed by atoms with Crippen LogP contribution in [0.1, 0.15) is 11.1 Å². The van der Waals surface area contributed by atoms with E-state index < -0.39 is 10.7 Å². The molecule has 6 heteroatoms. The van der Waals surface area contributed by atoms with Crippen molar-refractivity contribution in [2.75, 3.05) is 5.32 Å². The zero-order valence-electron chi connectivity index (χ0n) is 10.7. The number of hydrogen-bond donors (Lipinski definition) is 2. The number of benzene rings is 2. The number of nitrogens with one attached hydrogen (secondary N) is 1. The lowest BCUT2D eigenvalue weighted by Crippen LogP contribution is -2.06. The van der Waals surface area contributed by atoms with Crippen molar-refractivity contribution in [3.63, 3.8) is 0 Å². The van der Waals surface area contributed by atoms with Crippen LogP contribution in [0.15, 0.2) is 42.5 Å². The number of nitro groups is 1. The lowest BCUT2D eigenvalue weighted by atomic mass is 10.1. The first-order valence-electron chi connectivity index (χ1n) is 6.06. The second kappa shape index (κ2) is 6.12. The minimum absolute atomic E-state index is 0.278. The number of nitrogens with two attached hydrogens (primary N) is 1. The molecule has 3 N–H and O–H groups in total. The molecule has 0 aliphatic carbocycles. The SMILES string of the molecule is NCc1ccccc1CNc1cc(F)cc([N+](=O)[O-])c1. The van der Waals surface area contributed by atoms with Gasteiger partial charge in [0.15, 0.2) is 0 Å². The molecule has 0 atom stereocenters. The zero-order chi connectivity index (χ0) is 14.5. The number of anilines is 1. The van der Waals surface area contributed by atoms with Crippen molar-refractivity contribution in [3.05, 3.63) is 69.5 Å². The van der Waals surface area contributed by atoms with Crippen molar-refractivity contribution >= 4 is 11.4 Å². The Morgan fingerprint density at radius 3 is 2.55 bits per heavy atom. The summed E-state index contributed by atoms with van der Waals surface area (Å²) in [6.45, 7) is 0.829. The third kappa shape index (κ3) is 3.30. The maximum atomic E-state index is 13.3. The number of halogens is 1. The Labute approximate surface area is 115 Å². The molecule has 2 aromatic carbocycles. The Bertz CT molecular complexity index is 632. The van der Waals surface area contributed by atoms with Gasteiger partial charge < -0.3 is 11.1 Å². The van der Waals surface area contributed by atoms with E-state index in [-0.39, 0.29) is 5.69 Å². The molecular weight excluding hydrogens is 261 g/mol. The fourth-order valence-corrected chi connectivity index (χ4v) is 1.91. The highest BCUT2D eigenvalue weighted by Crippen LogP contribution is 2.21. The van der Waals surface area contributed by atoms with Crippen molar-refractivity contribution in [1.29, 1.82) is 0 Å². The van der Waals surface area contributed by atoms with E-state index in [2.05, 4.69) is 5.32 Å². The molecular formula is C14H14FN3O2. The Hall–Kier alpha value is -2.47. The van der Waals surface area contributed by atoms with Gasteiger partial charge in [-0.25, -0.2) is 4.39 Å². The van der Waals surface area contributed by atoms with Gasteiger partial charge in [-0.05, 0) is 17.2 Å². The molecule has 0 heterocycles. The van der Waals surface area contributed by atoms with E-state index in [1.54, 1.807) is 0 Å². The second-order valence-corrected chi connectivity index (χ2v) is 4.28. The van der Waals surface area contributed by atoms with Crippen LogP contribution in [-0.2, 0) is 13.1 Å². The molecule has 0 bridgehead atoms. The summed E-state index contributed by atoms with van der Waals surface area (Å²) in [5.74, 6) is -0.645. The molecule has 0 aliphatic heterocycles. The normalized spacial score (nSPS) is 10.3. The highest BCUT2D eigenvalue weighted by molar-refractivity contribution is 5.52. The number of hydrogen-bond acceptors (Lipinski definition) is 4. The van der Waals surface area contributed by atoms with Crippen LogP contribution in [0.25, 0.3) is 0 Å². The fraction of sp³-hybridized carbons (Fsp3) is 0.143. The largest absolute Gasteiger partial charge is 0.381 e. The smallest absolute Gasteiger partial charge is 0.274 e. The number of non-ortho nitro benzene ring substituents is 1. The van der Waals surface area contributed by atoms with Crippen LogP contribution < -0.4 is 11.1 Å². The minimum atomic E-state index is -0.645. The summed E-state index contributed by atoms with van der Waals surface area (Å²) in [6.07, 6.45) is 0. The number of nitrogens with zero attached hydrogens (tertiary/aromatic N) is 1. The predicted octanol–water partition coefficient (Wildman–Crippen LogP) is 2.80. The molecule has 2 rings (SSSR count). The van der Waals surface area contributed by atoms with Crippen molar-refractivity contribution < 1.29 is 9.31 Å². The van der Waals surface area contributed by atoms with E-state index in [0.29, 0.717) is 18.8 Å². The first-order valence-corrected chi connectivity index (χ1v) is 6.06. The molecule has 5 nitrogen and oxygen atoms in total. The van der Waals surface area contributed by atoms with Gasteiger partial charge in [0, 0.05) is 24.8 Å². The van der Waals surface area contributed by atoms with Gasteiger partial charge in [-0.15, -0.1) is 0 Å². The van der Waals surface area contributed by atoms with E-state index >= 15 is 0 Å². The molecule has 2 aromatic rings. The molecule has 0 spiro atoms. The first-order chi connectivity index (χ1) is 9.60. The maximum Gasteiger partial charge on any atom is 0.274 e. The van der Waals surface area contributed by atoms with Gasteiger partial charge in [-0.1, -0.05) is 24.3 Å². The van der Waals surface area contributed by atoms with Crippen LogP contribution in [-0.4, -0.2) is 4.92 Å². The van der Waals surface area contributed by atoms with Gasteiger partial charge in [0.25, 0.3) is 5.69 Å². The van der Waals surface area contributed by atoms with Crippen LogP contribution in [0.4, 0.5) is 15.8 Å². The monoisotopic (exact) mass is 275 g/mol. The molecule has 0 unspecified atom stereocenters. The van der Waals surface area contributed by atoms with Gasteiger partial charge in [-0.3, -0.25) is 10.1 Å². The van der Waals surface area contributed by atoms with E-state index in [9.17, 15) is 14.5 Å². The topological polar surface area (TPSA) is 81.2 Å². The third-order valence-corrected chi connectivity index (χ3v) is 2.91. The molecule has 0 fully saturated rings. The average molecular weight is 275 g/mol. The van der Waals surface area contributed by atoms with Gasteiger partial charge in [0.2, 0.25) is 0 Å². The lowest BCUT2D eigenvalue weighted by Gasteiger charge is -2.10. The first kappa shape index (κ1) is 14.0. The summed E-state index contributed by atoms with van der Waals surface area (Å²) in [6, 6.07) is 11.0. The number of rotatable bonds is 5. The van der Waals surface area contributed by atoms with E-state index in [4.69, 9.17) is 5.73 Å². The average Bonchev–Trinajstić information content (AvgIpc) is 2.44. The Kier molecular flexibility index (Phi) is 4.27. The summed E-state index contributed by atoms with van der Waals surface area (Å²) in [4.78, 5) is 10.1. The van der Waals surface area contributed by atoms with Gasteiger partial charge in [0.1, 0.15) is 5.82 Å². The van der Waals surface area contributed by atoms with Crippen molar-refractivity contribution in [1.82, 2.24) is 0 Å². The Balaban J connectivity index is 2.16. The fourth-order valence-electron chi connectivity index (χ4n) is 1.91. The van der Waals surface area contributed by atoms with Crippen molar-refractivity contribution in [2.45, 2.75) is 13.1 Å². The summed E-state index contributed by atoms with van der Waals surface area (Å²) in [7, 11) is 0. The number of nitro benzene ring substituents is 1. The molecule has 104 valence electrons. The summed E-state index contributed by atoms with van der Waals surface area (Å²) < 4.78 is 13.3. The highest BCUT2D eigenvalue weighted by atomic mass is 19.1. The second-order valence-electron chi connectivity index (χ2n) is 4.28. The standard InChI is InChI=1S/C14H14FN3O2/c15-12-5-13(7-14(6-12)18(19)20)17-9-11-4-2-1-3-10(11)8-16/h1-7,17H,8-9,16H2. The zero-order valence-corrected chi connectivity index (χ0v) is 10.7. The van der Waals surface area contributed by atoms with Gasteiger partial charge >= 0.3 is 0 Å². The summed E-state index contributed by atoms with van der Waals surface area (Å²) in [5, 5.41) is 13.6. The van der Waals surface area contributed by atoms with Crippen LogP contribution in [0.5, 0.6) is 0 Å². The summed E-state index contributed by atoms with van der Waals surface area (Å²) >= 11 is 0. The molecule has 0 aromatic heterocycles. The van der Waals surface area contributed by atoms with Crippen molar-refractivity contribution in [3.8, 4) is 0 Å². The van der Waals surface area contributed by atoms with Gasteiger partial charge in [-0.2, -0.15) is 0 Å². The molecule has 0 aliphatic rings. The van der Waals surface area contributed by atoms with E-state index in [1.807, 2.05) is 24.3 Å².